The Morgan fingerprint density at radius 2 is 2.11 bits per heavy atom. The Balaban J connectivity index is 1.40. The van der Waals surface area contributed by atoms with Gasteiger partial charge < -0.3 is 5.32 Å². The van der Waals surface area contributed by atoms with E-state index in [-0.39, 0.29) is 24.2 Å². The molecule has 27 heavy (non-hydrogen) atoms. The average Bonchev–Trinajstić information content (AvgIpc) is 3.25. The number of amides is 2. The molecule has 0 unspecified atom stereocenters. The highest BCUT2D eigenvalue weighted by atomic mass is 79.9. The lowest BCUT2D eigenvalue weighted by Gasteiger charge is -2.14. The Hall–Kier alpha value is -2.74. The van der Waals surface area contributed by atoms with Crippen LogP contribution in [0.1, 0.15) is 12.0 Å². The van der Waals surface area contributed by atoms with Crippen LogP contribution in [0.2, 0.25) is 0 Å². The summed E-state index contributed by atoms with van der Waals surface area (Å²) in [6, 6.07) is 9.58. The molecule has 7 nitrogen and oxygen atoms in total. The van der Waals surface area contributed by atoms with Crippen molar-refractivity contribution in [2.75, 3.05) is 18.0 Å². The van der Waals surface area contributed by atoms with E-state index in [9.17, 15) is 9.59 Å². The van der Waals surface area contributed by atoms with Crippen LogP contribution in [-0.4, -0.2) is 40.1 Å². The van der Waals surface area contributed by atoms with E-state index in [1.807, 2.05) is 30.3 Å². The van der Waals surface area contributed by atoms with E-state index in [2.05, 4.69) is 36.4 Å². The number of aromatic amines is 1. The van der Waals surface area contributed by atoms with Crippen molar-refractivity contribution in [1.29, 1.82) is 0 Å². The fraction of sp³-hybridized carbons (Fsp3) is 0.263. The molecule has 2 amide bonds. The average molecular weight is 428 g/mol. The van der Waals surface area contributed by atoms with Gasteiger partial charge in [0, 0.05) is 41.8 Å². The first kappa shape index (κ1) is 17.7. The molecule has 2 N–H and O–H groups in total. The van der Waals surface area contributed by atoms with Crippen LogP contribution < -0.4 is 10.2 Å². The zero-order valence-corrected chi connectivity index (χ0v) is 16.1. The summed E-state index contributed by atoms with van der Waals surface area (Å²) < 4.78 is 0.935. The van der Waals surface area contributed by atoms with Crippen molar-refractivity contribution >= 4 is 44.5 Å². The van der Waals surface area contributed by atoms with E-state index in [1.54, 1.807) is 17.3 Å². The van der Waals surface area contributed by atoms with Crippen molar-refractivity contribution in [2.24, 2.45) is 5.92 Å². The predicted octanol–water partition coefficient (Wildman–Crippen LogP) is 2.43. The number of carbonyl (C=O) groups excluding carboxylic acids is 2. The molecule has 0 aliphatic carbocycles. The van der Waals surface area contributed by atoms with Crippen molar-refractivity contribution in [3.05, 3.63) is 52.8 Å². The molecule has 1 saturated heterocycles. The van der Waals surface area contributed by atoms with Crippen molar-refractivity contribution in [3.8, 4) is 0 Å². The molecule has 1 atom stereocenters. The summed E-state index contributed by atoms with van der Waals surface area (Å²) in [6.45, 7) is 0.878. The van der Waals surface area contributed by atoms with Gasteiger partial charge >= 0.3 is 0 Å². The van der Waals surface area contributed by atoms with Crippen molar-refractivity contribution in [3.63, 3.8) is 0 Å². The first-order chi connectivity index (χ1) is 13.1. The van der Waals surface area contributed by atoms with Gasteiger partial charge in [0.2, 0.25) is 11.8 Å². The fourth-order valence-corrected chi connectivity index (χ4v) is 3.66. The summed E-state index contributed by atoms with van der Waals surface area (Å²) >= 11 is 3.42. The molecule has 1 aliphatic rings. The zero-order valence-electron chi connectivity index (χ0n) is 14.5. The second-order valence-electron chi connectivity index (χ2n) is 6.54. The van der Waals surface area contributed by atoms with Gasteiger partial charge in [0.05, 0.1) is 11.4 Å². The Labute approximate surface area is 164 Å². The number of nitrogens with zero attached hydrogens (tertiary/aromatic N) is 3. The number of fused-ring (bicyclic) bond motifs is 1. The maximum absolute atomic E-state index is 12.5. The zero-order chi connectivity index (χ0) is 18.8. The van der Waals surface area contributed by atoms with Crippen LogP contribution in [0.25, 0.3) is 10.9 Å². The van der Waals surface area contributed by atoms with Gasteiger partial charge in [0.15, 0.2) is 5.82 Å². The minimum atomic E-state index is -0.364. The minimum absolute atomic E-state index is 0.0828. The number of pyridine rings is 1. The van der Waals surface area contributed by atoms with E-state index in [4.69, 9.17) is 0 Å². The highest BCUT2D eigenvalue weighted by Gasteiger charge is 2.36. The third-order valence-corrected chi connectivity index (χ3v) is 5.21. The topological polar surface area (TPSA) is 91.0 Å². The van der Waals surface area contributed by atoms with E-state index in [0.717, 1.165) is 27.4 Å². The molecule has 3 heterocycles. The van der Waals surface area contributed by atoms with Gasteiger partial charge in [-0.3, -0.25) is 24.6 Å². The van der Waals surface area contributed by atoms with Gasteiger partial charge in [-0.05, 0) is 42.3 Å². The number of H-pyrrole nitrogens is 1. The van der Waals surface area contributed by atoms with E-state index in [0.29, 0.717) is 18.9 Å². The fourth-order valence-electron chi connectivity index (χ4n) is 3.29. The molecule has 8 heteroatoms. The second-order valence-corrected chi connectivity index (χ2v) is 7.45. The first-order valence-corrected chi connectivity index (χ1v) is 9.52. The van der Waals surface area contributed by atoms with Crippen LogP contribution in [0, 0.1) is 5.92 Å². The van der Waals surface area contributed by atoms with Gasteiger partial charge in [-0.15, -0.1) is 0 Å². The van der Waals surface area contributed by atoms with E-state index < -0.39 is 0 Å². The van der Waals surface area contributed by atoms with Gasteiger partial charge in [-0.25, -0.2) is 0 Å². The van der Waals surface area contributed by atoms with Crippen molar-refractivity contribution < 1.29 is 9.59 Å². The van der Waals surface area contributed by atoms with Crippen molar-refractivity contribution in [2.45, 2.75) is 12.8 Å². The summed E-state index contributed by atoms with van der Waals surface area (Å²) in [5.41, 5.74) is 1.96. The van der Waals surface area contributed by atoms with Crippen LogP contribution in [-0.2, 0) is 16.0 Å². The first-order valence-electron chi connectivity index (χ1n) is 8.72. The largest absolute Gasteiger partial charge is 0.355 e. The second kappa shape index (κ2) is 7.48. The third kappa shape index (κ3) is 3.71. The standard InChI is InChI=1S/C19H18BrN5O2/c20-14-1-2-15-16(10-14)23-24-18(15)25-11-13(9-17(25)26)19(27)22-8-5-12-3-6-21-7-4-12/h1-4,6-7,10,13H,5,8-9,11H2,(H,22,27)(H,23,24)/t13-/m1/s1. The quantitative estimate of drug-likeness (QED) is 0.653. The van der Waals surface area contributed by atoms with Gasteiger partial charge in [0.25, 0.3) is 0 Å². The maximum atomic E-state index is 12.5. The Morgan fingerprint density at radius 3 is 2.93 bits per heavy atom. The molecule has 0 saturated carbocycles. The van der Waals surface area contributed by atoms with Crippen LogP contribution in [0.3, 0.4) is 0 Å². The molecule has 1 fully saturated rings. The van der Waals surface area contributed by atoms with Crippen LogP contribution >= 0.6 is 15.9 Å². The summed E-state index contributed by atoms with van der Waals surface area (Å²) in [4.78, 5) is 30.5. The van der Waals surface area contributed by atoms with Crippen LogP contribution in [0.4, 0.5) is 5.82 Å². The smallest absolute Gasteiger partial charge is 0.229 e. The Kier molecular flexibility index (Phi) is 4.89. The number of rotatable bonds is 5. The summed E-state index contributed by atoms with van der Waals surface area (Å²) in [5.74, 6) is 0.0369. The molecule has 4 rings (SSSR count). The lowest BCUT2D eigenvalue weighted by molar-refractivity contribution is -0.126. The molecular weight excluding hydrogens is 410 g/mol. The number of halogens is 1. The number of anilines is 1. The number of nitrogens with one attached hydrogen (secondary N) is 2. The molecule has 138 valence electrons. The molecule has 0 radical (unpaired) electrons. The highest BCUT2D eigenvalue weighted by molar-refractivity contribution is 9.10. The molecule has 2 aromatic heterocycles. The predicted molar refractivity (Wildman–Crippen MR) is 105 cm³/mol. The molecular formula is C19H18BrN5O2. The number of hydrogen-bond acceptors (Lipinski definition) is 4. The Bertz CT molecular complexity index is 988. The number of carbonyl (C=O) groups is 2. The van der Waals surface area contributed by atoms with Gasteiger partial charge in [0.1, 0.15) is 0 Å². The summed E-state index contributed by atoms with van der Waals surface area (Å²) in [7, 11) is 0. The molecule has 3 aromatic rings. The third-order valence-electron chi connectivity index (χ3n) is 4.72. The van der Waals surface area contributed by atoms with E-state index >= 15 is 0 Å². The molecule has 0 spiro atoms. The van der Waals surface area contributed by atoms with Crippen molar-refractivity contribution in [1.82, 2.24) is 20.5 Å². The summed E-state index contributed by atoms with van der Waals surface area (Å²) in [6.07, 6.45) is 4.40. The monoisotopic (exact) mass is 427 g/mol. The molecule has 1 aromatic carbocycles. The molecule has 1 aliphatic heterocycles. The minimum Gasteiger partial charge on any atom is -0.355 e. The summed E-state index contributed by atoms with van der Waals surface area (Å²) in [5, 5.41) is 11.0. The lowest BCUT2D eigenvalue weighted by Crippen LogP contribution is -2.34. The van der Waals surface area contributed by atoms with Gasteiger partial charge in [-0.2, -0.15) is 5.10 Å². The maximum Gasteiger partial charge on any atom is 0.229 e. The van der Waals surface area contributed by atoms with E-state index in [1.165, 1.54) is 0 Å². The van der Waals surface area contributed by atoms with Crippen LogP contribution in [0.15, 0.2) is 47.2 Å². The number of hydrogen-bond donors (Lipinski definition) is 2. The number of aromatic nitrogens is 3. The Morgan fingerprint density at radius 1 is 1.30 bits per heavy atom. The normalized spacial score (nSPS) is 16.9. The highest BCUT2D eigenvalue weighted by Crippen LogP contribution is 2.31. The number of benzene rings is 1. The van der Waals surface area contributed by atoms with Crippen LogP contribution in [0.5, 0.6) is 0 Å². The van der Waals surface area contributed by atoms with Gasteiger partial charge in [-0.1, -0.05) is 15.9 Å². The lowest BCUT2D eigenvalue weighted by atomic mass is 10.1. The molecule has 0 bridgehead atoms. The SMILES string of the molecule is O=C(NCCc1ccncc1)[C@@H]1CC(=O)N(c2n[nH]c3cc(Br)ccc23)C1.